The number of rotatable bonds is 2. The molecule has 0 saturated carbocycles. The third-order valence-corrected chi connectivity index (χ3v) is 6.10. The predicted octanol–water partition coefficient (Wildman–Crippen LogP) is 4.12. The van der Waals surface area contributed by atoms with Crippen LogP contribution in [0.1, 0.15) is 18.0 Å². The SMILES string of the molecule is C[C@@H](c1ccccc1F)[Si](Cl)(Cl)Cl. The van der Waals surface area contributed by atoms with Crippen LogP contribution in [0.15, 0.2) is 24.3 Å². The van der Waals surface area contributed by atoms with E-state index >= 15 is 0 Å². The molecule has 0 nitrogen and oxygen atoms in total. The molecule has 0 aliphatic carbocycles. The van der Waals surface area contributed by atoms with E-state index in [1.54, 1.807) is 25.1 Å². The first-order valence-corrected chi connectivity index (χ1v) is 8.85. The highest BCUT2D eigenvalue weighted by molar-refractivity contribution is 7.65. The average molecular weight is 258 g/mol. The molecule has 0 aliphatic rings. The van der Waals surface area contributed by atoms with Gasteiger partial charge in [0.15, 0.2) is 0 Å². The van der Waals surface area contributed by atoms with Gasteiger partial charge in [-0.1, -0.05) is 25.1 Å². The van der Waals surface area contributed by atoms with Gasteiger partial charge in [-0.05, 0) is 11.6 Å². The molecule has 0 radical (unpaired) electrons. The van der Waals surface area contributed by atoms with E-state index in [4.69, 9.17) is 33.2 Å². The monoisotopic (exact) mass is 256 g/mol. The van der Waals surface area contributed by atoms with E-state index in [1.807, 2.05) is 0 Å². The van der Waals surface area contributed by atoms with E-state index in [0.29, 0.717) is 5.56 Å². The highest BCUT2D eigenvalue weighted by Crippen LogP contribution is 2.36. The third kappa shape index (κ3) is 2.84. The Morgan fingerprint density at radius 1 is 1.23 bits per heavy atom. The van der Waals surface area contributed by atoms with Gasteiger partial charge in [-0.15, -0.1) is 33.2 Å². The second-order valence-electron chi connectivity index (χ2n) is 2.78. The molecule has 1 rings (SSSR count). The summed E-state index contributed by atoms with van der Waals surface area (Å²) in [5.74, 6) is -0.311. The first-order valence-electron chi connectivity index (χ1n) is 3.74. The lowest BCUT2D eigenvalue weighted by atomic mass is 10.1. The van der Waals surface area contributed by atoms with Crippen molar-refractivity contribution < 1.29 is 4.39 Å². The maximum Gasteiger partial charge on any atom is 0.348 e. The molecule has 0 aliphatic heterocycles. The van der Waals surface area contributed by atoms with Crippen molar-refractivity contribution in [3.05, 3.63) is 35.6 Å². The zero-order chi connectivity index (χ0) is 10.1. The largest absolute Gasteiger partial charge is 0.348 e. The molecule has 72 valence electrons. The molecule has 0 N–H and O–H groups in total. The van der Waals surface area contributed by atoms with Crippen LogP contribution >= 0.6 is 33.2 Å². The van der Waals surface area contributed by atoms with Gasteiger partial charge in [0.25, 0.3) is 0 Å². The maximum absolute atomic E-state index is 13.2. The van der Waals surface area contributed by atoms with Gasteiger partial charge in [0.05, 0.1) is 0 Å². The molecule has 0 amide bonds. The Hall–Kier alpha value is 0.237. The first-order chi connectivity index (χ1) is 5.93. The Morgan fingerprint density at radius 2 is 1.77 bits per heavy atom. The molecule has 0 unspecified atom stereocenters. The molecule has 1 aromatic carbocycles. The summed E-state index contributed by atoms with van der Waals surface area (Å²) >= 11 is 17.4. The number of hydrogen-bond acceptors (Lipinski definition) is 0. The lowest BCUT2D eigenvalue weighted by molar-refractivity contribution is 0.609. The van der Waals surface area contributed by atoms with Gasteiger partial charge in [-0.25, -0.2) is 4.39 Å². The van der Waals surface area contributed by atoms with Crippen molar-refractivity contribution in [3.63, 3.8) is 0 Å². The van der Waals surface area contributed by atoms with Crippen molar-refractivity contribution in [2.75, 3.05) is 0 Å². The number of halogens is 4. The fourth-order valence-electron chi connectivity index (χ4n) is 1.00. The van der Waals surface area contributed by atoms with E-state index in [1.165, 1.54) is 6.07 Å². The minimum absolute atomic E-state index is 0.311. The van der Waals surface area contributed by atoms with Gasteiger partial charge in [0.1, 0.15) is 5.82 Å². The Balaban J connectivity index is 3.02. The third-order valence-electron chi connectivity index (χ3n) is 1.86. The van der Waals surface area contributed by atoms with E-state index in [2.05, 4.69) is 0 Å². The molecule has 0 saturated heterocycles. The summed E-state index contributed by atoms with van der Waals surface area (Å²) in [5.41, 5.74) is 0.160. The van der Waals surface area contributed by atoms with Gasteiger partial charge in [0.2, 0.25) is 0 Å². The standard InChI is InChI=1S/C8H8Cl3FSi/c1-6(13(9,10)11)7-4-2-3-5-8(7)12/h2-6H,1H3/t6-/m0/s1. The van der Waals surface area contributed by atoms with Crippen molar-refractivity contribution in [3.8, 4) is 0 Å². The van der Waals surface area contributed by atoms with E-state index in [9.17, 15) is 4.39 Å². The molecule has 0 aromatic heterocycles. The second-order valence-corrected chi connectivity index (χ2v) is 11.8. The lowest BCUT2D eigenvalue weighted by Gasteiger charge is -2.18. The summed E-state index contributed by atoms with van der Waals surface area (Å²) in [6.07, 6.45) is 0. The van der Waals surface area contributed by atoms with Crippen LogP contribution in [0.5, 0.6) is 0 Å². The van der Waals surface area contributed by atoms with Crippen molar-refractivity contribution in [2.24, 2.45) is 0 Å². The van der Waals surface area contributed by atoms with Crippen LogP contribution in [-0.4, -0.2) is 6.00 Å². The van der Waals surface area contributed by atoms with Crippen molar-refractivity contribution in [1.29, 1.82) is 0 Å². The van der Waals surface area contributed by atoms with E-state index in [-0.39, 0.29) is 11.4 Å². The van der Waals surface area contributed by atoms with Gasteiger partial charge in [-0.2, -0.15) is 0 Å². The van der Waals surface area contributed by atoms with Crippen molar-refractivity contribution >= 4 is 39.2 Å². The fourth-order valence-corrected chi connectivity index (χ4v) is 2.65. The molecule has 1 atom stereocenters. The number of hydrogen-bond donors (Lipinski definition) is 0. The molecule has 0 fully saturated rings. The first kappa shape index (κ1) is 11.3. The lowest BCUT2D eigenvalue weighted by Crippen LogP contribution is -2.21. The van der Waals surface area contributed by atoms with Crippen LogP contribution in [0, 0.1) is 5.82 Å². The van der Waals surface area contributed by atoms with Crippen molar-refractivity contribution in [2.45, 2.75) is 12.5 Å². The van der Waals surface area contributed by atoms with Crippen LogP contribution in [0.25, 0.3) is 0 Å². The fraction of sp³-hybridized carbons (Fsp3) is 0.250. The van der Waals surface area contributed by atoms with Crippen LogP contribution in [0.2, 0.25) is 0 Å². The average Bonchev–Trinajstić information content (AvgIpc) is 2.02. The molecule has 0 bridgehead atoms. The van der Waals surface area contributed by atoms with Crippen LogP contribution < -0.4 is 0 Å². The molecular formula is C8H8Cl3FSi. The summed E-state index contributed by atoms with van der Waals surface area (Å²) in [5, 5.41) is 0. The van der Waals surface area contributed by atoms with Crippen molar-refractivity contribution in [1.82, 2.24) is 0 Å². The summed E-state index contributed by atoms with van der Waals surface area (Å²) in [6.45, 7) is 1.73. The van der Waals surface area contributed by atoms with Gasteiger partial charge in [0, 0.05) is 5.54 Å². The number of benzene rings is 1. The summed E-state index contributed by atoms with van der Waals surface area (Å²) < 4.78 is 13.2. The zero-order valence-corrected chi connectivity index (χ0v) is 10.2. The Morgan fingerprint density at radius 3 is 2.23 bits per heavy atom. The van der Waals surface area contributed by atoms with Crippen LogP contribution in [-0.2, 0) is 0 Å². The van der Waals surface area contributed by atoms with Crippen LogP contribution in [0.4, 0.5) is 4.39 Å². The Kier molecular flexibility index (Phi) is 3.63. The molecular weight excluding hydrogens is 250 g/mol. The highest BCUT2D eigenvalue weighted by atomic mass is 35.8. The molecule has 13 heavy (non-hydrogen) atoms. The maximum atomic E-state index is 13.2. The minimum Gasteiger partial charge on any atom is -0.207 e. The molecule has 0 spiro atoms. The van der Waals surface area contributed by atoms with Gasteiger partial charge >= 0.3 is 6.00 Å². The summed E-state index contributed by atoms with van der Waals surface area (Å²) in [7, 11) is 0. The van der Waals surface area contributed by atoms with Crippen LogP contribution in [0.3, 0.4) is 0 Å². The molecule has 0 heterocycles. The van der Waals surface area contributed by atoms with E-state index in [0.717, 1.165) is 0 Å². The minimum atomic E-state index is -2.86. The predicted molar refractivity (Wildman–Crippen MR) is 58.1 cm³/mol. The quantitative estimate of drug-likeness (QED) is 0.552. The molecule has 5 heteroatoms. The second kappa shape index (κ2) is 4.18. The summed E-state index contributed by atoms with van der Waals surface area (Å²) in [6, 6.07) is 3.52. The van der Waals surface area contributed by atoms with Gasteiger partial charge < -0.3 is 0 Å². The topological polar surface area (TPSA) is 0 Å². The Labute approximate surface area is 91.7 Å². The smallest absolute Gasteiger partial charge is 0.207 e. The van der Waals surface area contributed by atoms with Gasteiger partial charge in [-0.3, -0.25) is 0 Å². The zero-order valence-electron chi connectivity index (χ0n) is 6.90. The highest BCUT2D eigenvalue weighted by Gasteiger charge is 2.35. The van der Waals surface area contributed by atoms with E-state index < -0.39 is 6.00 Å². The summed E-state index contributed by atoms with van der Waals surface area (Å²) in [4.78, 5) is 0. The normalized spacial score (nSPS) is 14.2. The molecule has 1 aromatic rings. The Bertz CT molecular complexity index is 298.